The molecular formula is C19H22N6O6S2. The van der Waals surface area contributed by atoms with E-state index in [0.29, 0.717) is 23.7 Å². The van der Waals surface area contributed by atoms with E-state index in [4.69, 9.17) is 4.55 Å². The van der Waals surface area contributed by atoms with Gasteiger partial charge in [0.15, 0.2) is 5.82 Å². The first-order chi connectivity index (χ1) is 15.5. The minimum Gasteiger partial charge on any atom is -0.324 e. The van der Waals surface area contributed by atoms with Crippen LogP contribution in [0.3, 0.4) is 0 Å². The Labute approximate surface area is 191 Å². The molecule has 0 aliphatic carbocycles. The molecule has 2 aromatic carbocycles. The van der Waals surface area contributed by atoms with Crippen LogP contribution in [0.4, 0.5) is 23.3 Å². The summed E-state index contributed by atoms with van der Waals surface area (Å²) in [7, 11) is -8.71. The van der Waals surface area contributed by atoms with Crippen LogP contribution < -0.4 is 16.0 Å². The van der Waals surface area contributed by atoms with Crippen LogP contribution >= 0.6 is 0 Å². The van der Waals surface area contributed by atoms with Crippen molar-refractivity contribution in [2.45, 2.75) is 29.7 Å². The van der Waals surface area contributed by atoms with Crippen LogP contribution in [-0.4, -0.2) is 47.4 Å². The third-order valence-corrected chi connectivity index (χ3v) is 6.06. The van der Waals surface area contributed by atoms with Gasteiger partial charge in [-0.1, -0.05) is 13.0 Å². The van der Waals surface area contributed by atoms with Gasteiger partial charge in [-0.05, 0) is 55.9 Å². The van der Waals surface area contributed by atoms with E-state index in [1.165, 1.54) is 42.5 Å². The predicted octanol–water partition coefficient (Wildman–Crippen LogP) is 2.52. The lowest BCUT2D eigenvalue weighted by atomic mass is 10.3. The van der Waals surface area contributed by atoms with Gasteiger partial charge in [0.2, 0.25) is 11.9 Å². The summed E-state index contributed by atoms with van der Waals surface area (Å²) in [5.41, 5.74) is 0.775. The summed E-state index contributed by atoms with van der Waals surface area (Å²) >= 11 is 0. The fraction of sp³-hybridized carbons (Fsp3) is 0.211. The molecule has 1 heterocycles. The second kappa shape index (κ2) is 9.76. The summed E-state index contributed by atoms with van der Waals surface area (Å²) in [5, 5.41) is 9.01. The van der Waals surface area contributed by atoms with Crippen molar-refractivity contribution in [2.75, 3.05) is 17.2 Å². The van der Waals surface area contributed by atoms with Crippen LogP contribution in [0.1, 0.15) is 25.7 Å². The molecule has 3 rings (SSSR count). The second-order valence-electron chi connectivity index (χ2n) is 6.87. The van der Waals surface area contributed by atoms with Crippen molar-refractivity contribution >= 4 is 43.5 Å². The highest BCUT2D eigenvalue weighted by Crippen LogP contribution is 2.22. The molecule has 1 aromatic heterocycles. The highest BCUT2D eigenvalue weighted by Gasteiger charge is 2.15. The largest absolute Gasteiger partial charge is 0.324 e. The molecule has 0 aliphatic rings. The standard InChI is InChI=1S/C19H22N6O6S2/c1-3-20-12(2)17-23-18(21-13-7-9-15(10-8-13)32(26,27)28)25-19(24-17)22-14-5-4-6-16(11-14)33(29,30)31/h4-12,20H,3H2,1-2H3,(H,26,27,28)(H,29,30,31)(H2,21,22,23,24,25). The zero-order valence-corrected chi connectivity index (χ0v) is 19.2. The molecule has 0 fully saturated rings. The topological polar surface area (TPSA) is 184 Å². The van der Waals surface area contributed by atoms with Gasteiger partial charge >= 0.3 is 0 Å². The van der Waals surface area contributed by atoms with Crippen molar-refractivity contribution in [3.05, 3.63) is 54.4 Å². The van der Waals surface area contributed by atoms with E-state index < -0.39 is 20.2 Å². The molecule has 0 bridgehead atoms. The number of benzene rings is 2. The fourth-order valence-electron chi connectivity index (χ4n) is 2.80. The van der Waals surface area contributed by atoms with Gasteiger partial charge in [-0.15, -0.1) is 0 Å². The van der Waals surface area contributed by atoms with Crippen LogP contribution in [0.5, 0.6) is 0 Å². The SMILES string of the molecule is CCNC(C)c1nc(Nc2ccc(S(=O)(=O)O)cc2)nc(Nc2cccc(S(=O)(=O)O)c2)n1. The van der Waals surface area contributed by atoms with Crippen molar-refractivity contribution in [2.24, 2.45) is 0 Å². The lowest BCUT2D eigenvalue weighted by Crippen LogP contribution is -2.21. The summed E-state index contributed by atoms with van der Waals surface area (Å²) in [6.45, 7) is 4.44. The van der Waals surface area contributed by atoms with Crippen LogP contribution in [0.15, 0.2) is 58.3 Å². The zero-order chi connectivity index (χ0) is 24.2. The Morgan fingerprint density at radius 2 is 1.39 bits per heavy atom. The maximum Gasteiger partial charge on any atom is 0.294 e. The first-order valence-electron chi connectivity index (χ1n) is 9.64. The molecule has 176 valence electrons. The van der Waals surface area contributed by atoms with E-state index in [-0.39, 0.29) is 27.7 Å². The Morgan fingerprint density at radius 1 is 0.818 bits per heavy atom. The molecule has 0 aliphatic heterocycles. The minimum absolute atomic E-state index is 0.106. The summed E-state index contributed by atoms with van der Waals surface area (Å²) in [6.07, 6.45) is 0. The molecule has 1 unspecified atom stereocenters. The normalized spacial score (nSPS) is 12.8. The number of aromatic nitrogens is 3. The molecule has 33 heavy (non-hydrogen) atoms. The van der Waals surface area contributed by atoms with E-state index in [1.807, 2.05) is 13.8 Å². The van der Waals surface area contributed by atoms with Crippen LogP contribution in [0, 0.1) is 0 Å². The second-order valence-corrected chi connectivity index (χ2v) is 9.72. The summed E-state index contributed by atoms with van der Waals surface area (Å²) in [6, 6.07) is 10.6. The number of anilines is 4. The number of rotatable bonds is 9. The van der Waals surface area contributed by atoms with Gasteiger partial charge in [0.1, 0.15) is 0 Å². The minimum atomic E-state index is -4.39. The first-order valence-corrected chi connectivity index (χ1v) is 12.5. The quantitative estimate of drug-likeness (QED) is 0.274. The van der Waals surface area contributed by atoms with Gasteiger partial charge in [0, 0.05) is 11.4 Å². The lowest BCUT2D eigenvalue weighted by molar-refractivity contribution is 0.481. The maximum absolute atomic E-state index is 11.4. The highest BCUT2D eigenvalue weighted by molar-refractivity contribution is 7.86. The van der Waals surface area contributed by atoms with Crippen molar-refractivity contribution < 1.29 is 25.9 Å². The average Bonchev–Trinajstić information content (AvgIpc) is 2.73. The smallest absolute Gasteiger partial charge is 0.294 e. The van der Waals surface area contributed by atoms with Crippen LogP contribution in [-0.2, 0) is 20.2 Å². The number of nitrogens with zero attached hydrogens (tertiary/aromatic N) is 3. The predicted molar refractivity (Wildman–Crippen MR) is 121 cm³/mol. The van der Waals surface area contributed by atoms with Crippen molar-refractivity contribution in [3.63, 3.8) is 0 Å². The van der Waals surface area contributed by atoms with Gasteiger partial charge in [0.05, 0.1) is 15.8 Å². The van der Waals surface area contributed by atoms with Gasteiger partial charge in [-0.3, -0.25) is 9.11 Å². The highest BCUT2D eigenvalue weighted by atomic mass is 32.2. The van der Waals surface area contributed by atoms with E-state index in [2.05, 4.69) is 30.9 Å². The number of hydrogen-bond donors (Lipinski definition) is 5. The van der Waals surface area contributed by atoms with Gasteiger partial charge in [-0.2, -0.15) is 31.8 Å². The molecule has 14 heteroatoms. The summed E-state index contributed by atoms with van der Waals surface area (Å²) < 4.78 is 63.6. The third-order valence-electron chi connectivity index (χ3n) is 4.35. The summed E-state index contributed by atoms with van der Waals surface area (Å²) in [5.74, 6) is 0.629. The Kier molecular flexibility index (Phi) is 7.24. The molecule has 0 radical (unpaired) electrons. The van der Waals surface area contributed by atoms with Gasteiger partial charge in [-0.25, -0.2) is 0 Å². The molecule has 0 saturated heterocycles. The third kappa shape index (κ3) is 6.66. The van der Waals surface area contributed by atoms with E-state index >= 15 is 0 Å². The Morgan fingerprint density at radius 3 is 1.94 bits per heavy atom. The Hall–Kier alpha value is -3.17. The molecule has 0 amide bonds. The number of hydrogen-bond acceptors (Lipinski definition) is 10. The lowest BCUT2D eigenvalue weighted by Gasteiger charge is -2.15. The first kappa shape index (κ1) is 24.5. The van der Waals surface area contributed by atoms with Gasteiger partial charge < -0.3 is 16.0 Å². The number of nitrogens with one attached hydrogen (secondary N) is 3. The van der Waals surface area contributed by atoms with Gasteiger partial charge in [0.25, 0.3) is 20.2 Å². The van der Waals surface area contributed by atoms with Crippen LogP contribution in [0.25, 0.3) is 0 Å². The molecule has 12 nitrogen and oxygen atoms in total. The van der Waals surface area contributed by atoms with Crippen molar-refractivity contribution in [1.82, 2.24) is 20.3 Å². The van der Waals surface area contributed by atoms with E-state index in [0.717, 1.165) is 0 Å². The molecule has 3 aromatic rings. The molecule has 0 spiro atoms. The Balaban J connectivity index is 1.94. The Bertz CT molecular complexity index is 1350. The molecule has 1 atom stereocenters. The van der Waals surface area contributed by atoms with E-state index in [9.17, 15) is 21.4 Å². The van der Waals surface area contributed by atoms with Crippen molar-refractivity contribution in [3.8, 4) is 0 Å². The zero-order valence-electron chi connectivity index (χ0n) is 17.6. The molecular weight excluding hydrogens is 472 g/mol. The maximum atomic E-state index is 11.4. The average molecular weight is 495 g/mol. The van der Waals surface area contributed by atoms with E-state index in [1.54, 1.807) is 6.07 Å². The molecule has 5 N–H and O–H groups in total. The monoisotopic (exact) mass is 494 g/mol. The fourth-order valence-corrected chi connectivity index (χ4v) is 3.80. The van der Waals surface area contributed by atoms with Crippen LogP contribution in [0.2, 0.25) is 0 Å². The van der Waals surface area contributed by atoms with Crippen molar-refractivity contribution in [1.29, 1.82) is 0 Å². The summed E-state index contributed by atoms with van der Waals surface area (Å²) in [4.78, 5) is 12.5. The molecule has 0 saturated carbocycles.